The van der Waals surface area contributed by atoms with Gasteiger partial charge in [0.25, 0.3) is 0 Å². The number of hydrogen-bond acceptors (Lipinski definition) is 5. The van der Waals surface area contributed by atoms with Crippen LogP contribution in [0.15, 0.2) is 82.3 Å². The molecule has 2 aromatic rings. The Morgan fingerprint density at radius 2 is 1.64 bits per heavy atom. The van der Waals surface area contributed by atoms with Crippen LogP contribution in [0.2, 0.25) is 0 Å². The molecule has 0 spiro atoms. The van der Waals surface area contributed by atoms with Crippen molar-refractivity contribution in [2.75, 3.05) is 6.61 Å². The number of aliphatic hydroxyl groups excluding tert-OH is 1. The molecule has 0 unspecified atom stereocenters. The second-order valence-electron chi connectivity index (χ2n) is 4.49. The molecule has 0 aromatic heterocycles. The monoisotopic (exact) mass is 296 g/mol. The van der Waals surface area contributed by atoms with E-state index < -0.39 is 0 Å². The zero-order chi connectivity index (χ0) is 15.8. The smallest absolute Gasteiger partial charge is 0.183 e. The van der Waals surface area contributed by atoms with Crippen LogP contribution in [0.1, 0.15) is 6.92 Å². The molecule has 2 aromatic carbocycles. The molecule has 2 rings (SSSR count). The zero-order valence-electron chi connectivity index (χ0n) is 12.1. The number of aliphatic hydroxyl groups is 1. The topological polar surface area (TPSA) is 71.2 Å². The number of ketones is 1. The quantitative estimate of drug-likeness (QED) is 0.493. The average Bonchev–Trinajstić information content (AvgIpc) is 2.55. The number of allylic oxidation sites excluding steroid dienone is 1. The molecule has 0 aliphatic heterocycles. The van der Waals surface area contributed by atoms with Gasteiger partial charge in [-0.2, -0.15) is 5.11 Å². The van der Waals surface area contributed by atoms with E-state index in [0.29, 0.717) is 11.4 Å². The first-order valence-corrected chi connectivity index (χ1v) is 6.74. The minimum absolute atomic E-state index is 0.111. The Morgan fingerprint density at radius 1 is 1.05 bits per heavy atom. The molecule has 1 N–H and O–H groups in total. The summed E-state index contributed by atoms with van der Waals surface area (Å²) < 4.78 is 5.39. The largest absolute Gasteiger partial charge is 0.506 e. The van der Waals surface area contributed by atoms with Crippen molar-refractivity contribution in [3.05, 3.63) is 72.1 Å². The van der Waals surface area contributed by atoms with Crippen molar-refractivity contribution < 1.29 is 14.6 Å². The summed E-state index contributed by atoms with van der Waals surface area (Å²) in [6.07, 6.45) is 0. The Hall–Kier alpha value is -2.95. The van der Waals surface area contributed by atoms with Gasteiger partial charge in [0.2, 0.25) is 0 Å². The molecule has 0 saturated carbocycles. The molecule has 0 bridgehead atoms. The molecule has 0 atom stereocenters. The number of ether oxygens (including phenoxy) is 1. The van der Waals surface area contributed by atoms with Crippen LogP contribution in [0.4, 0.5) is 5.69 Å². The third-order valence-corrected chi connectivity index (χ3v) is 2.75. The van der Waals surface area contributed by atoms with E-state index in [0.717, 1.165) is 0 Å². The van der Waals surface area contributed by atoms with Crippen molar-refractivity contribution >= 4 is 11.5 Å². The van der Waals surface area contributed by atoms with Crippen molar-refractivity contribution in [3.63, 3.8) is 0 Å². The van der Waals surface area contributed by atoms with Gasteiger partial charge in [-0.05, 0) is 24.3 Å². The SMILES string of the molecule is CC(=O)C(N=Nc1ccccc1)=C(O)COc1ccccc1. The summed E-state index contributed by atoms with van der Waals surface area (Å²) in [5, 5.41) is 17.8. The number of nitrogens with zero attached hydrogens (tertiary/aromatic N) is 2. The summed E-state index contributed by atoms with van der Waals surface area (Å²) in [7, 11) is 0. The fraction of sp³-hybridized carbons (Fsp3) is 0.118. The number of azo groups is 1. The molecule has 0 fully saturated rings. The lowest BCUT2D eigenvalue weighted by Crippen LogP contribution is -2.07. The second-order valence-corrected chi connectivity index (χ2v) is 4.49. The molecule has 112 valence electrons. The lowest BCUT2D eigenvalue weighted by molar-refractivity contribution is -0.113. The highest BCUT2D eigenvalue weighted by atomic mass is 16.5. The molecule has 5 heteroatoms. The van der Waals surface area contributed by atoms with E-state index in [-0.39, 0.29) is 23.8 Å². The van der Waals surface area contributed by atoms with Crippen molar-refractivity contribution in [1.29, 1.82) is 0 Å². The minimum atomic E-state index is -0.381. The first kappa shape index (κ1) is 15.4. The van der Waals surface area contributed by atoms with Crippen LogP contribution < -0.4 is 4.74 Å². The summed E-state index contributed by atoms with van der Waals surface area (Å²) in [5.74, 6) is -0.0400. The van der Waals surface area contributed by atoms with Crippen LogP contribution in [0.5, 0.6) is 5.75 Å². The number of benzene rings is 2. The molecule has 0 aliphatic carbocycles. The Bertz CT molecular complexity index is 680. The van der Waals surface area contributed by atoms with Crippen LogP contribution in [-0.4, -0.2) is 17.5 Å². The minimum Gasteiger partial charge on any atom is -0.506 e. The van der Waals surface area contributed by atoms with Gasteiger partial charge in [0, 0.05) is 6.92 Å². The van der Waals surface area contributed by atoms with Gasteiger partial charge in [0.15, 0.2) is 17.2 Å². The number of carbonyl (C=O) groups excluding carboxylic acids is 1. The highest BCUT2D eigenvalue weighted by molar-refractivity contribution is 5.93. The number of rotatable bonds is 6. The van der Waals surface area contributed by atoms with Gasteiger partial charge in [-0.25, -0.2) is 0 Å². The van der Waals surface area contributed by atoms with Gasteiger partial charge in [-0.3, -0.25) is 4.79 Å². The average molecular weight is 296 g/mol. The first-order chi connectivity index (χ1) is 10.7. The lowest BCUT2D eigenvalue weighted by Gasteiger charge is -2.06. The predicted octanol–water partition coefficient (Wildman–Crippen LogP) is 4.21. The maximum atomic E-state index is 11.6. The van der Waals surface area contributed by atoms with Gasteiger partial charge < -0.3 is 9.84 Å². The Labute approximate surface area is 128 Å². The maximum absolute atomic E-state index is 11.6. The summed E-state index contributed by atoms with van der Waals surface area (Å²) in [6, 6.07) is 18.0. The fourth-order valence-electron chi connectivity index (χ4n) is 1.67. The summed E-state index contributed by atoms with van der Waals surface area (Å²) >= 11 is 0. The molecule has 5 nitrogen and oxygen atoms in total. The number of para-hydroxylation sites is 1. The van der Waals surface area contributed by atoms with Crippen LogP contribution >= 0.6 is 0 Å². The van der Waals surface area contributed by atoms with Gasteiger partial charge in [-0.15, -0.1) is 5.11 Å². The van der Waals surface area contributed by atoms with E-state index in [1.165, 1.54) is 6.92 Å². The fourth-order valence-corrected chi connectivity index (χ4v) is 1.67. The third-order valence-electron chi connectivity index (χ3n) is 2.75. The highest BCUT2D eigenvalue weighted by Gasteiger charge is 2.11. The van der Waals surface area contributed by atoms with Gasteiger partial charge in [-0.1, -0.05) is 36.4 Å². The van der Waals surface area contributed by atoms with Crippen LogP contribution in [0.3, 0.4) is 0 Å². The molecule has 0 amide bonds. The normalized spacial score (nSPS) is 12.0. The van der Waals surface area contributed by atoms with Crippen molar-refractivity contribution in [2.24, 2.45) is 10.2 Å². The number of carbonyl (C=O) groups is 1. The molecular formula is C17H16N2O3. The zero-order valence-corrected chi connectivity index (χ0v) is 12.1. The third kappa shape index (κ3) is 4.56. The Kier molecular flexibility index (Phi) is 5.43. The maximum Gasteiger partial charge on any atom is 0.183 e. The predicted molar refractivity (Wildman–Crippen MR) is 83.2 cm³/mol. The van der Waals surface area contributed by atoms with E-state index >= 15 is 0 Å². The van der Waals surface area contributed by atoms with E-state index in [9.17, 15) is 9.90 Å². The summed E-state index contributed by atoms with van der Waals surface area (Å²) in [6.45, 7) is 1.17. The summed E-state index contributed by atoms with van der Waals surface area (Å²) in [5.41, 5.74) is 0.484. The van der Waals surface area contributed by atoms with Crippen LogP contribution in [0.25, 0.3) is 0 Å². The number of Topliss-reactive ketones (excluding diaryl/α,β-unsaturated/α-hetero) is 1. The lowest BCUT2D eigenvalue weighted by atomic mass is 10.3. The standard InChI is InChI=1S/C17H16N2O3/c1-13(20)17(19-18-14-8-4-2-5-9-14)16(21)12-22-15-10-6-3-7-11-15/h2-11,21H,12H2,1H3. The molecule has 0 radical (unpaired) electrons. The van der Waals surface area contributed by atoms with Crippen molar-refractivity contribution in [3.8, 4) is 5.75 Å². The van der Waals surface area contributed by atoms with Crippen molar-refractivity contribution in [1.82, 2.24) is 0 Å². The van der Waals surface area contributed by atoms with E-state index in [4.69, 9.17) is 4.74 Å². The van der Waals surface area contributed by atoms with Gasteiger partial charge in [0.05, 0.1) is 5.69 Å². The first-order valence-electron chi connectivity index (χ1n) is 6.74. The van der Waals surface area contributed by atoms with E-state index in [1.54, 1.807) is 24.3 Å². The molecule has 0 aliphatic rings. The van der Waals surface area contributed by atoms with E-state index in [1.807, 2.05) is 36.4 Å². The van der Waals surface area contributed by atoms with Crippen LogP contribution in [-0.2, 0) is 4.79 Å². The van der Waals surface area contributed by atoms with Crippen molar-refractivity contribution in [2.45, 2.75) is 6.92 Å². The molecule has 22 heavy (non-hydrogen) atoms. The number of hydrogen-bond donors (Lipinski definition) is 1. The highest BCUT2D eigenvalue weighted by Crippen LogP contribution is 2.16. The second kappa shape index (κ2) is 7.73. The van der Waals surface area contributed by atoms with E-state index in [2.05, 4.69) is 10.2 Å². The van der Waals surface area contributed by atoms with Gasteiger partial charge >= 0.3 is 0 Å². The Balaban J connectivity index is 2.11. The Morgan fingerprint density at radius 3 is 2.23 bits per heavy atom. The molecular weight excluding hydrogens is 280 g/mol. The van der Waals surface area contributed by atoms with Crippen LogP contribution in [0, 0.1) is 0 Å². The molecule has 0 saturated heterocycles. The molecule has 0 heterocycles. The van der Waals surface area contributed by atoms with Gasteiger partial charge in [0.1, 0.15) is 12.4 Å². The summed E-state index contributed by atoms with van der Waals surface area (Å²) in [4.78, 5) is 11.6.